The Bertz CT molecular complexity index is 3630. The zero-order valence-corrected chi connectivity index (χ0v) is 44.7. The van der Waals surface area contributed by atoms with Crippen LogP contribution in [0.2, 0.25) is 10.0 Å². The minimum atomic E-state index is -0.836. The van der Waals surface area contributed by atoms with Crippen molar-refractivity contribution in [3.05, 3.63) is 236 Å². The third-order valence-corrected chi connectivity index (χ3v) is 12.9. The van der Waals surface area contributed by atoms with Crippen LogP contribution in [0.3, 0.4) is 0 Å². The van der Waals surface area contributed by atoms with E-state index in [1.807, 2.05) is 18.2 Å². The molecule has 4 atom stereocenters. The van der Waals surface area contributed by atoms with E-state index in [1.54, 1.807) is 161 Å². The number of benzene rings is 7. The van der Waals surface area contributed by atoms with Gasteiger partial charge in [0.25, 0.3) is 5.24 Å². The van der Waals surface area contributed by atoms with E-state index in [2.05, 4.69) is 40.7 Å². The van der Waals surface area contributed by atoms with Crippen LogP contribution < -0.4 is 15.4 Å². The van der Waals surface area contributed by atoms with Gasteiger partial charge in [0.1, 0.15) is 29.7 Å². The van der Waals surface area contributed by atoms with Crippen molar-refractivity contribution in [2.45, 2.75) is 52.0 Å². The first kappa shape index (κ1) is 57.3. The summed E-state index contributed by atoms with van der Waals surface area (Å²) in [5.41, 5.74) is 5.89. The van der Waals surface area contributed by atoms with E-state index in [-0.39, 0.29) is 29.3 Å². The highest BCUT2D eigenvalue weighted by Crippen LogP contribution is 2.38. The first-order valence-corrected chi connectivity index (χ1v) is 25.1. The molecule has 17 nitrogen and oxygen atoms in total. The highest BCUT2D eigenvalue weighted by atomic mass is 35.5. The van der Waals surface area contributed by atoms with Crippen LogP contribution >= 0.6 is 34.8 Å². The number of aromatic hydroxyl groups is 1. The topological polar surface area (TPSA) is 221 Å². The third kappa shape index (κ3) is 15.0. The molecule has 79 heavy (non-hydrogen) atoms. The molecule has 398 valence electrons. The number of hydrogen-bond donors (Lipinski definition) is 4. The van der Waals surface area contributed by atoms with Crippen molar-refractivity contribution in [1.82, 2.24) is 20.4 Å². The molecule has 0 aliphatic rings. The lowest BCUT2D eigenvalue weighted by Crippen LogP contribution is -2.29. The number of aliphatic hydroxyl groups excluding tert-OH is 1. The quantitative estimate of drug-likeness (QED) is 0.0324. The molecule has 7 aromatic carbocycles. The number of nitrogens with one attached hydrogen (secondary N) is 2. The van der Waals surface area contributed by atoms with Gasteiger partial charge in [0, 0.05) is 28.1 Å². The molecule has 0 saturated heterocycles. The lowest BCUT2D eigenvalue weighted by atomic mass is 10.1. The van der Waals surface area contributed by atoms with Gasteiger partial charge in [-0.1, -0.05) is 102 Å². The number of aliphatic hydroxyl groups is 1. The number of carbonyl (C=O) groups is 3. The fourth-order valence-electron chi connectivity index (χ4n) is 7.34. The van der Waals surface area contributed by atoms with Gasteiger partial charge in [-0.3, -0.25) is 4.79 Å². The van der Waals surface area contributed by atoms with E-state index >= 15 is 0 Å². The Morgan fingerprint density at radius 1 is 0.570 bits per heavy atom. The third-order valence-electron chi connectivity index (χ3n) is 11.7. The molecule has 0 aliphatic heterocycles. The van der Waals surface area contributed by atoms with Gasteiger partial charge in [-0.05, 0) is 135 Å². The van der Waals surface area contributed by atoms with Gasteiger partial charge in [-0.25, -0.2) is 19.3 Å². The molecule has 4 N–H and O–H groups in total. The summed E-state index contributed by atoms with van der Waals surface area (Å²) in [6.45, 7) is 21.3. The summed E-state index contributed by atoms with van der Waals surface area (Å²) in [5, 5.41) is 42.8. The second-order valence-corrected chi connectivity index (χ2v) is 18.3. The Labute approximate surface area is 469 Å². The average Bonchev–Trinajstić information content (AvgIpc) is 4.20. The summed E-state index contributed by atoms with van der Waals surface area (Å²) in [4.78, 5) is 42.5. The zero-order valence-electron chi connectivity index (χ0n) is 42.5. The SMILES string of the molecule is O=C(Cl)c1ccccc1.[C-]#[N+]c1ccc(N[C@@H](c2nnc(-c3ccc(O)cc3)o2)[C@H](C)O)c(C)c1Cl.[C-]#[N+]c1ccc(N[C@@H](c2nnc(-c3ccc(OC(=O)c4ccccc4)cc3)o2)[C@H](C)OC(=O)c2ccccc2)c(C)c1Cl. The molecule has 20 heteroatoms. The van der Waals surface area contributed by atoms with Crippen LogP contribution in [0.5, 0.6) is 11.5 Å². The maximum absolute atomic E-state index is 12.9. The minimum Gasteiger partial charge on any atom is -0.508 e. The van der Waals surface area contributed by atoms with Gasteiger partial charge >= 0.3 is 11.9 Å². The number of rotatable bonds is 15. The van der Waals surface area contributed by atoms with Crippen molar-refractivity contribution < 1.29 is 42.9 Å². The molecule has 0 unspecified atom stereocenters. The largest absolute Gasteiger partial charge is 0.508 e. The highest BCUT2D eigenvalue weighted by Gasteiger charge is 2.30. The maximum atomic E-state index is 12.9. The monoisotopic (exact) mass is 1120 g/mol. The van der Waals surface area contributed by atoms with E-state index in [9.17, 15) is 24.6 Å². The number of esters is 2. The van der Waals surface area contributed by atoms with Crippen LogP contribution in [0.15, 0.2) is 173 Å². The van der Waals surface area contributed by atoms with Crippen molar-refractivity contribution >= 4 is 74.7 Å². The molecule has 0 spiro atoms. The predicted octanol–water partition coefficient (Wildman–Crippen LogP) is 14.4. The van der Waals surface area contributed by atoms with Crippen molar-refractivity contribution in [2.24, 2.45) is 0 Å². The number of hydrogen-bond acceptors (Lipinski definition) is 15. The van der Waals surface area contributed by atoms with E-state index in [0.29, 0.717) is 77.5 Å². The van der Waals surface area contributed by atoms with Gasteiger partial charge < -0.3 is 39.2 Å². The van der Waals surface area contributed by atoms with Gasteiger partial charge in [-0.15, -0.1) is 20.4 Å². The standard InChI is InChI=1S/C33H25ClN4O5.C19H17ClN4O3.C7H5ClO/c1-20-26(18-19-27(35-3)28(20)34)36-29(21(2)41-32(39)23-10-6-4-7-11-23)31-38-37-30(43-31)22-14-16-25(17-15-22)42-33(40)24-12-8-5-9-13-24;1-10-14(8-9-15(21-3)16(10)20)22-17(11(2)25)19-24-23-18(27-19)12-4-6-13(26)7-5-12;8-7(9)6-4-2-1-3-5-6/h4-19,21,29,36H,1-2H3;4-9,11,17,22,25-26H,1-2H3;1-5H/t21-,29+;11-,17+;/m00./s1. The molecule has 0 amide bonds. The van der Waals surface area contributed by atoms with Crippen molar-refractivity contribution in [3.8, 4) is 34.4 Å². The molecule has 9 aromatic rings. The molecule has 9 rings (SSSR count). The molecule has 2 heterocycles. The number of phenolic OH excluding ortho intramolecular Hbond substituents is 1. The predicted molar refractivity (Wildman–Crippen MR) is 300 cm³/mol. The summed E-state index contributed by atoms with van der Waals surface area (Å²) in [7, 11) is 0. The fourth-order valence-corrected chi connectivity index (χ4v) is 7.88. The fraction of sp³-hybridized carbons (Fsp3) is 0.136. The Morgan fingerprint density at radius 2 is 0.987 bits per heavy atom. The molecule has 0 fully saturated rings. The van der Waals surface area contributed by atoms with Crippen molar-refractivity contribution in [3.63, 3.8) is 0 Å². The Hall–Kier alpha value is -9.36. The maximum Gasteiger partial charge on any atom is 0.343 e. The Morgan fingerprint density at radius 3 is 1.42 bits per heavy atom. The summed E-state index contributed by atoms with van der Waals surface area (Å²) < 4.78 is 23.0. The summed E-state index contributed by atoms with van der Waals surface area (Å²) in [6, 6.07) is 44.3. The van der Waals surface area contributed by atoms with Crippen LogP contribution in [0.1, 0.15) is 79.9 Å². The number of phenols is 1. The summed E-state index contributed by atoms with van der Waals surface area (Å²) in [5.74, 6) is 0.355. The molecule has 0 saturated carbocycles. The second kappa shape index (κ2) is 27.1. The lowest BCUT2D eigenvalue weighted by molar-refractivity contribution is 0.0282. The number of ether oxygens (including phenoxy) is 2. The smallest absolute Gasteiger partial charge is 0.343 e. The van der Waals surface area contributed by atoms with Gasteiger partial charge in [0.05, 0.1) is 40.4 Å². The molecule has 0 aliphatic carbocycles. The number of anilines is 2. The van der Waals surface area contributed by atoms with Crippen LogP contribution in [-0.2, 0) is 4.74 Å². The number of aromatic nitrogens is 4. The molecule has 0 bridgehead atoms. The average molecular weight is 1120 g/mol. The van der Waals surface area contributed by atoms with Gasteiger partial charge in [-0.2, -0.15) is 0 Å². The minimum absolute atomic E-state index is 0.136. The van der Waals surface area contributed by atoms with Gasteiger partial charge in [0.2, 0.25) is 34.9 Å². The van der Waals surface area contributed by atoms with Crippen molar-refractivity contribution in [2.75, 3.05) is 10.6 Å². The number of halogens is 3. The Kier molecular flexibility index (Phi) is 19.7. The zero-order chi connectivity index (χ0) is 56.6. The summed E-state index contributed by atoms with van der Waals surface area (Å²) in [6.07, 6.45) is -1.60. The summed E-state index contributed by atoms with van der Waals surface area (Å²) >= 11 is 17.8. The lowest BCUT2D eigenvalue weighted by Gasteiger charge is -2.24. The Balaban J connectivity index is 0.000000212. The van der Waals surface area contributed by atoms with E-state index in [4.69, 9.17) is 66.3 Å². The number of nitrogens with zero attached hydrogens (tertiary/aromatic N) is 6. The second-order valence-electron chi connectivity index (χ2n) is 17.2. The van der Waals surface area contributed by atoms with Crippen LogP contribution in [0, 0.1) is 27.0 Å². The van der Waals surface area contributed by atoms with Crippen LogP contribution in [0.4, 0.5) is 22.7 Å². The van der Waals surface area contributed by atoms with E-state index in [1.165, 1.54) is 12.1 Å². The normalized spacial score (nSPS) is 12.0. The van der Waals surface area contributed by atoms with Crippen LogP contribution in [-0.4, -0.2) is 60.0 Å². The highest BCUT2D eigenvalue weighted by molar-refractivity contribution is 6.67. The molecular formula is C59H47Cl3N8O9. The van der Waals surface area contributed by atoms with Crippen molar-refractivity contribution in [1.29, 1.82) is 0 Å². The molecular weight excluding hydrogens is 1070 g/mol. The first-order chi connectivity index (χ1) is 38.0. The van der Waals surface area contributed by atoms with E-state index in [0.717, 1.165) is 0 Å². The molecule has 0 radical (unpaired) electrons. The van der Waals surface area contributed by atoms with E-state index < -0.39 is 41.5 Å². The van der Waals surface area contributed by atoms with Crippen LogP contribution in [0.25, 0.3) is 32.6 Å². The van der Waals surface area contributed by atoms with Gasteiger partial charge in [0.15, 0.2) is 0 Å². The number of carbonyl (C=O) groups excluding carboxylic acids is 3. The molecule has 2 aromatic heterocycles. The first-order valence-electron chi connectivity index (χ1n) is 23.9.